The molecule has 27 heavy (non-hydrogen) atoms. The molecule has 0 N–H and O–H groups in total. The van der Waals surface area contributed by atoms with Gasteiger partial charge in [0, 0.05) is 23.1 Å². The Morgan fingerprint density at radius 1 is 0.963 bits per heavy atom. The molecule has 1 aliphatic heterocycles. The van der Waals surface area contributed by atoms with Crippen molar-refractivity contribution < 1.29 is 17.6 Å². The van der Waals surface area contributed by atoms with Gasteiger partial charge in [-0.1, -0.05) is 18.2 Å². The molecule has 1 aliphatic rings. The van der Waals surface area contributed by atoms with Gasteiger partial charge in [-0.3, -0.25) is 0 Å². The Kier molecular flexibility index (Phi) is 5.09. The highest BCUT2D eigenvalue weighted by Gasteiger charge is 2.27. The zero-order valence-corrected chi connectivity index (χ0v) is 16.6. The fraction of sp³-hybridized carbons (Fsp3) is 0.222. The Balaban J connectivity index is 1.66. The van der Waals surface area contributed by atoms with Crippen LogP contribution in [-0.4, -0.2) is 49.2 Å². The van der Waals surface area contributed by atoms with Crippen molar-refractivity contribution in [1.29, 1.82) is 0 Å². The van der Waals surface area contributed by atoms with Crippen LogP contribution in [0.25, 0.3) is 22.9 Å². The van der Waals surface area contributed by atoms with E-state index in [-0.39, 0.29) is 10.8 Å². The molecule has 3 aromatic rings. The minimum atomic E-state index is -3.59. The topological polar surface area (TPSA) is 85.5 Å². The Hall–Kier alpha value is -2.07. The van der Waals surface area contributed by atoms with Crippen molar-refractivity contribution in [3.8, 4) is 22.9 Å². The van der Waals surface area contributed by atoms with Crippen LogP contribution in [0.5, 0.6) is 0 Å². The second-order valence-electron chi connectivity index (χ2n) is 5.94. The van der Waals surface area contributed by atoms with Crippen molar-refractivity contribution in [2.24, 2.45) is 0 Å². The third kappa shape index (κ3) is 3.68. The van der Waals surface area contributed by atoms with Crippen molar-refractivity contribution in [2.75, 3.05) is 26.3 Å². The summed E-state index contributed by atoms with van der Waals surface area (Å²) in [4.78, 5) is 0.197. The van der Waals surface area contributed by atoms with E-state index in [4.69, 9.17) is 9.15 Å². The number of ether oxygens (including phenoxy) is 1. The maximum absolute atomic E-state index is 12.8. The number of hydrogen-bond acceptors (Lipinski definition) is 6. The van der Waals surface area contributed by atoms with Crippen molar-refractivity contribution in [1.82, 2.24) is 14.5 Å². The number of halogens is 1. The van der Waals surface area contributed by atoms with Gasteiger partial charge in [-0.2, -0.15) is 4.31 Å². The van der Waals surface area contributed by atoms with Gasteiger partial charge in [-0.15, -0.1) is 10.2 Å². The number of rotatable bonds is 4. The van der Waals surface area contributed by atoms with Crippen LogP contribution in [0, 0.1) is 0 Å². The predicted octanol–water partition coefficient (Wildman–Crippen LogP) is 3.19. The molecule has 7 nitrogen and oxygen atoms in total. The molecule has 0 atom stereocenters. The number of benzene rings is 2. The number of sulfonamides is 1. The summed E-state index contributed by atoms with van der Waals surface area (Å²) < 4.78 is 38.9. The minimum absolute atomic E-state index is 0.197. The number of aromatic nitrogens is 2. The maximum atomic E-state index is 12.8. The molecular weight excluding hydrogens is 434 g/mol. The molecule has 2 heterocycles. The average Bonchev–Trinajstić information content (AvgIpc) is 3.19. The molecule has 1 saturated heterocycles. The summed E-state index contributed by atoms with van der Waals surface area (Å²) in [5.41, 5.74) is 1.32. The van der Waals surface area contributed by atoms with E-state index in [1.807, 2.05) is 24.3 Å². The molecule has 0 saturated carbocycles. The molecule has 9 heteroatoms. The molecule has 4 rings (SSSR count). The molecule has 0 radical (unpaired) electrons. The van der Waals surface area contributed by atoms with Gasteiger partial charge in [0.1, 0.15) is 0 Å². The SMILES string of the molecule is O=S(=O)(c1cccc(-c2nnc(-c3ccccc3Br)o2)c1)N1CCOCC1. The highest BCUT2D eigenvalue weighted by molar-refractivity contribution is 9.10. The van der Waals surface area contributed by atoms with Crippen LogP contribution in [0.1, 0.15) is 0 Å². The lowest BCUT2D eigenvalue weighted by atomic mass is 10.2. The van der Waals surface area contributed by atoms with Gasteiger partial charge < -0.3 is 9.15 Å². The lowest BCUT2D eigenvalue weighted by molar-refractivity contribution is 0.0730. The van der Waals surface area contributed by atoms with Crippen LogP contribution >= 0.6 is 15.9 Å². The van der Waals surface area contributed by atoms with E-state index in [9.17, 15) is 8.42 Å². The lowest BCUT2D eigenvalue weighted by Crippen LogP contribution is -2.40. The third-order valence-electron chi connectivity index (χ3n) is 4.22. The van der Waals surface area contributed by atoms with Gasteiger partial charge >= 0.3 is 0 Å². The number of morpholine rings is 1. The van der Waals surface area contributed by atoms with Crippen LogP contribution in [-0.2, 0) is 14.8 Å². The van der Waals surface area contributed by atoms with E-state index in [1.165, 1.54) is 4.31 Å². The quantitative estimate of drug-likeness (QED) is 0.607. The molecule has 0 spiro atoms. The van der Waals surface area contributed by atoms with Gasteiger partial charge in [0.2, 0.25) is 21.8 Å². The fourth-order valence-corrected chi connectivity index (χ4v) is 4.72. The first-order chi connectivity index (χ1) is 13.1. The highest BCUT2D eigenvalue weighted by atomic mass is 79.9. The van der Waals surface area contributed by atoms with Crippen molar-refractivity contribution >= 4 is 26.0 Å². The molecule has 140 valence electrons. The van der Waals surface area contributed by atoms with E-state index in [2.05, 4.69) is 26.1 Å². The first-order valence-electron chi connectivity index (χ1n) is 8.32. The largest absolute Gasteiger partial charge is 0.416 e. The first kappa shape index (κ1) is 18.3. The Labute approximate surface area is 165 Å². The monoisotopic (exact) mass is 449 g/mol. The summed E-state index contributed by atoms with van der Waals surface area (Å²) in [6, 6.07) is 14.1. The van der Waals surface area contributed by atoms with Crippen LogP contribution in [0.15, 0.2) is 62.3 Å². The van der Waals surface area contributed by atoms with E-state index in [0.29, 0.717) is 37.8 Å². The van der Waals surface area contributed by atoms with Gasteiger partial charge in [-0.25, -0.2) is 8.42 Å². The molecule has 0 unspecified atom stereocenters. The summed E-state index contributed by atoms with van der Waals surface area (Å²) >= 11 is 3.46. The fourth-order valence-electron chi connectivity index (χ4n) is 2.81. The number of hydrogen-bond donors (Lipinski definition) is 0. The van der Waals surface area contributed by atoms with E-state index in [0.717, 1.165) is 10.0 Å². The van der Waals surface area contributed by atoms with E-state index < -0.39 is 10.0 Å². The highest BCUT2D eigenvalue weighted by Crippen LogP contribution is 2.30. The second kappa shape index (κ2) is 7.51. The zero-order valence-electron chi connectivity index (χ0n) is 14.2. The Morgan fingerprint density at radius 2 is 1.70 bits per heavy atom. The minimum Gasteiger partial charge on any atom is -0.416 e. The summed E-state index contributed by atoms with van der Waals surface area (Å²) in [5.74, 6) is 0.624. The van der Waals surface area contributed by atoms with Crippen LogP contribution < -0.4 is 0 Å². The van der Waals surface area contributed by atoms with Crippen LogP contribution in [0.3, 0.4) is 0 Å². The molecule has 0 aliphatic carbocycles. The molecular formula is C18H16BrN3O4S. The summed E-state index contributed by atoms with van der Waals surface area (Å²) in [6.07, 6.45) is 0. The van der Waals surface area contributed by atoms with Crippen LogP contribution in [0.2, 0.25) is 0 Å². The lowest BCUT2D eigenvalue weighted by Gasteiger charge is -2.26. The molecule has 1 aromatic heterocycles. The van der Waals surface area contributed by atoms with E-state index in [1.54, 1.807) is 24.3 Å². The van der Waals surface area contributed by atoms with Gasteiger partial charge in [0.25, 0.3) is 0 Å². The molecule has 1 fully saturated rings. The van der Waals surface area contributed by atoms with Crippen molar-refractivity contribution in [2.45, 2.75) is 4.90 Å². The number of nitrogens with zero attached hydrogens (tertiary/aromatic N) is 3. The Morgan fingerprint density at radius 3 is 2.48 bits per heavy atom. The molecule has 2 aromatic carbocycles. The first-order valence-corrected chi connectivity index (χ1v) is 10.6. The third-order valence-corrected chi connectivity index (χ3v) is 6.80. The normalized spacial score (nSPS) is 15.7. The summed E-state index contributed by atoms with van der Waals surface area (Å²) in [6.45, 7) is 1.49. The summed E-state index contributed by atoms with van der Waals surface area (Å²) in [5, 5.41) is 8.16. The maximum Gasteiger partial charge on any atom is 0.249 e. The molecule has 0 amide bonds. The van der Waals surface area contributed by atoms with Gasteiger partial charge in [-0.05, 0) is 46.3 Å². The second-order valence-corrected chi connectivity index (χ2v) is 8.73. The Bertz CT molecular complexity index is 1060. The van der Waals surface area contributed by atoms with Crippen LogP contribution in [0.4, 0.5) is 0 Å². The smallest absolute Gasteiger partial charge is 0.249 e. The van der Waals surface area contributed by atoms with Crippen molar-refractivity contribution in [3.05, 3.63) is 53.0 Å². The van der Waals surface area contributed by atoms with Gasteiger partial charge in [0.15, 0.2) is 0 Å². The average molecular weight is 450 g/mol. The predicted molar refractivity (Wildman–Crippen MR) is 102 cm³/mol. The van der Waals surface area contributed by atoms with E-state index >= 15 is 0 Å². The zero-order chi connectivity index (χ0) is 18.9. The molecule has 0 bridgehead atoms. The standard InChI is InChI=1S/C18H16BrN3O4S/c19-16-7-2-1-6-15(16)18-21-20-17(26-18)13-4-3-5-14(12-13)27(23,24)22-8-10-25-11-9-22/h1-7,12H,8-11H2. The van der Waals surface area contributed by atoms with Gasteiger partial charge in [0.05, 0.1) is 23.7 Å². The van der Waals surface area contributed by atoms with Crippen molar-refractivity contribution in [3.63, 3.8) is 0 Å². The summed E-state index contributed by atoms with van der Waals surface area (Å²) in [7, 11) is -3.59.